The lowest BCUT2D eigenvalue weighted by Crippen LogP contribution is -2.00. The van der Waals surface area contributed by atoms with Gasteiger partial charge in [0.2, 0.25) is 0 Å². The Kier molecular flexibility index (Phi) is 6.64. The SMILES string of the molecule is c1ccc(-c2cccc(-c3nc(-c4ccc5sc6cccc(-c7ccccc7)c6c5c4)nc(-c4cccc5c4oc4ccccc45)n3)c2)cc1. The predicted molar refractivity (Wildman–Crippen MR) is 207 cm³/mol. The number of hydrogen-bond donors (Lipinski definition) is 0. The van der Waals surface area contributed by atoms with Crippen LogP contribution in [0.4, 0.5) is 0 Å². The lowest BCUT2D eigenvalue weighted by Gasteiger charge is -2.10. The van der Waals surface area contributed by atoms with Crippen LogP contribution in [0.5, 0.6) is 0 Å². The van der Waals surface area contributed by atoms with Gasteiger partial charge in [-0.05, 0) is 64.7 Å². The highest BCUT2D eigenvalue weighted by atomic mass is 32.1. The normalized spacial score (nSPS) is 11.6. The van der Waals surface area contributed by atoms with E-state index in [1.807, 2.05) is 47.7 Å². The molecule has 0 bridgehead atoms. The quantitative estimate of drug-likeness (QED) is 0.185. The zero-order valence-corrected chi connectivity index (χ0v) is 27.6. The number of hydrogen-bond acceptors (Lipinski definition) is 5. The topological polar surface area (TPSA) is 51.8 Å². The van der Waals surface area contributed by atoms with Crippen molar-refractivity contribution in [3.8, 4) is 56.4 Å². The van der Waals surface area contributed by atoms with E-state index in [0.717, 1.165) is 49.8 Å². The van der Waals surface area contributed by atoms with Crippen molar-refractivity contribution in [1.29, 1.82) is 0 Å². The molecule has 10 aromatic rings. The minimum Gasteiger partial charge on any atom is -0.455 e. The first kappa shape index (κ1) is 28.6. The number of fused-ring (bicyclic) bond motifs is 6. The molecule has 5 heteroatoms. The fourth-order valence-electron chi connectivity index (χ4n) is 6.97. The molecular formula is C45H27N3OS. The molecule has 0 spiro atoms. The molecule has 0 atom stereocenters. The molecule has 0 aliphatic rings. The summed E-state index contributed by atoms with van der Waals surface area (Å²) in [5.74, 6) is 1.79. The van der Waals surface area contributed by atoms with Gasteiger partial charge in [-0.1, -0.05) is 121 Å². The number of thiophene rings is 1. The van der Waals surface area contributed by atoms with Gasteiger partial charge in [-0.25, -0.2) is 15.0 Å². The zero-order chi connectivity index (χ0) is 33.0. The molecule has 0 saturated heterocycles. The molecule has 0 N–H and O–H groups in total. The maximum Gasteiger partial charge on any atom is 0.167 e. The van der Waals surface area contributed by atoms with Crippen LogP contribution in [0.25, 0.3) is 98.5 Å². The Balaban J connectivity index is 1.21. The molecule has 0 radical (unpaired) electrons. The van der Waals surface area contributed by atoms with Gasteiger partial charge in [0, 0.05) is 42.1 Å². The molecule has 0 fully saturated rings. The van der Waals surface area contributed by atoms with E-state index in [2.05, 4.69) is 127 Å². The van der Waals surface area contributed by atoms with E-state index in [9.17, 15) is 0 Å². The first-order valence-electron chi connectivity index (χ1n) is 16.6. The summed E-state index contributed by atoms with van der Waals surface area (Å²) in [7, 11) is 0. The van der Waals surface area contributed by atoms with Gasteiger partial charge in [0.1, 0.15) is 11.2 Å². The largest absolute Gasteiger partial charge is 0.455 e. The molecule has 234 valence electrons. The van der Waals surface area contributed by atoms with Crippen LogP contribution in [0.3, 0.4) is 0 Å². The van der Waals surface area contributed by atoms with Crippen molar-refractivity contribution in [2.45, 2.75) is 0 Å². The highest BCUT2D eigenvalue weighted by molar-refractivity contribution is 7.26. The van der Waals surface area contributed by atoms with Crippen molar-refractivity contribution in [3.05, 3.63) is 164 Å². The summed E-state index contributed by atoms with van der Waals surface area (Å²) in [6.45, 7) is 0. The third-order valence-electron chi connectivity index (χ3n) is 9.35. The van der Waals surface area contributed by atoms with Crippen LogP contribution in [0.2, 0.25) is 0 Å². The Morgan fingerprint density at radius 2 is 1.00 bits per heavy atom. The van der Waals surface area contributed by atoms with Crippen molar-refractivity contribution in [1.82, 2.24) is 15.0 Å². The molecule has 3 heterocycles. The van der Waals surface area contributed by atoms with E-state index in [0.29, 0.717) is 17.5 Å². The summed E-state index contributed by atoms with van der Waals surface area (Å²) in [4.78, 5) is 15.5. The first-order chi connectivity index (χ1) is 24.8. The lowest BCUT2D eigenvalue weighted by atomic mass is 9.99. The molecule has 0 amide bonds. The van der Waals surface area contributed by atoms with Crippen LogP contribution in [-0.2, 0) is 0 Å². The number of para-hydroxylation sites is 2. The third kappa shape index (κ3) is 4.79. The highest BCUT2D eigenvalue weighted by Gasteiger charge is 2.19. The van der Waals surface area contributed by atoms with Gasteiger partial charge >= 0.3 is 0 Å². The van der Waals surface area contributed by atoms with Crippen LogP contribution in [-0.4, -0.2) is 15.0 Å². The van der Waals surface area contributed by atoms with Gasteiger partial charge in [-0.15, -0.1) is 11.3 Å². The Morgan fingerprint density at radius 3 is 1.84 bits per heavy atom. The third-order valence-corrected chi connectivity index (χ3v) is 10.5. The van der Waals surface area contributed by atoms with E-state index < -0.39 is 0 Å². The average Bonchev–Trinajstić information content (AvgIpc) is 3.77. The molecule has 3 aromatic heterocycles. The number of aromatic nitrogens is 3. The van der Waals surface area contributed by atoms with Crippen molar-refractivity contribution in [2.75, 3.05) is 0 Å². The van der Waals surface area contributed by atoms with Crippen LogP contribution >= 0.6 is 11.3 Å². The Morgan fingerprint density at radius 1 is 0.380 bits per heavy atom. The summed E-state index contributed by atoms with van der Waals surface area (Å²) < 4.78 is 8.94. The van der Waals surface area contributed by atoms with Crippen molar-refractivity contribution < 1.29 is 4.42 Å². The molecule has 7 aromatic carbocycles. The molecule has 0 aliphatic carbocycles. The standard InChI is InChI=1S/C45H27N3OS/c1-3-12-28(13-4-1)30-16-9-17-31(26-30)43-46-44(48-45(47-43)36-21-10-20-35-34-18-7-8-22-38(34)49-42(35)36)32-24-25-39-37(27-32)41-33(19-11-23-40(41)50-39)29-14-5-2-6-15-29/h1-27H. The second kappa shape index (κ2) is 11.6. The minimum absolute atomic E-state index is 0.569. The minimum atomic E-state index is 0.569. The monoisotopic (exact) mass is 657 g/mol. The van der Waals surface area contributed by atoms with Crippen molar-refractivity contribution in [2.24, 2.45) is 0 Å². The number of nitrogens with zero attached hydrogens (tertiary/aromatic N) is 3. The van der Waals surface area contributed by atoms with Crippen molar-refractivity contribution in [3.63, 3.8) is 0 Å². The van der Waals surface area contributed by atoms with Crippen molar-refractivity contribution >= 4 is 53.4 Å². The predicted octanol–water partition coefficient (Wildman–Crippen LogP) is 12.5. The van der Waals surface area contributed by atoms with Gasteiger partial charge < -0.3 is 4.42 Å². The molecular weight excluding hydrogens is 631 g/mol. The second-order valence-electron chi connectivity index (χ2n) is 12.4. The summed E-state index contributed by atoms with van der Waals surface area (Å²) >= 11 is 1.81. The molecule has 0 unspecified atom stereocenters. The Hall–Kier alpha value is -6.43. The summed E-state index contributed by atoms with van der Waals surface area (Å²) in [6, 6.07) is 56.8. The van der Waals surface area contributed by atoms with E-state index in [-0.39, 0.29) is 0 Å². The maximum absolute atomic E-state index is 6.46. The summed E-state index contributed by atoms with van der Waals surface area (Å²) in [6.07, 6.45) is 0. The summed E-state index contributed by atoms with van der Waals surface area (Å²) in [5, 5.41) is 4.54. The highest BCUT2D eigenvalue weighted by Crippen LogP contribution is 2.42. The van der Waals surface area contributed by atoms with Gasteiger partial charge in [0.05, 0.1) is 5.56 Å². The zero-order valence-electron chi connectivity index (χ0n) is 26.7. The smallest absolute Gasteiger partial charge is 0.167 e. The molecule has 0 aliphatic heterocycles. The fourth-order valence-corrected chi connectivity index (χ4v) is 8.08. The number of rotatable bonds is 5. The lowest BCUT2D eigenvalue weighted by molar-refractivity contribution is 0.669. The van der Waals surface area contributed by atoms with Gasteiger partial charge in [0.25, 0.3) is 0 Å². The fraction of sp³-hybridized carbons (Fsp3) is 0. The molecule has 0 saturated carbocycles. The van der Waals surface area contributed by atoms with Crippen LogP contribution in [0.15, 0.2) is 168 Å². The van der Waals surface area contributed by atoms with Gasteiger partial charge in [-0.3, -0.25) is 0 Å². The Labute approximate surface area is 292 Å². The van der Waals surface area contributed by atoms with Gasteiger partial charge in [0.15, 0.2) is 17.5 Å². The van der Waals surface area contributed by atoms with E-state index >= 15 is 0 Å². The van der Waals surface area contributed by atoms with E-state index in [4.69, 9.17) is 19.4 Å². The van der Waals surface area contributed by atoms with Gasteiger partial charge in [-0.2, -0.15) is 0 Å². The number of benzene rings is 7. The molecule has 4 nitrogen and oxygen atoms in total. The van der Waals surface area contributed by atoms with E-state index in [1.54, 1.807) is 0 Å². The average molecular weight is 658 g/mol. The Bertz CT molecular complexity index is 2870. The van der Waals surface area contributed by atoms with Crippen LogP contribution in [0, 0.1) is 0 Å². The molecule has 50 heavy (non-hydrogen) atoms. The van der Waals surface area contributed by atoms with Crippen LogP contribution < -0.4 is 0 Å². The number of furan rings is 1. The first-order valence-corrected chi connectivity index (χ1v) is 17.4. The summed E-state index contributed by atoms with van der Waals surface area (Å²) in [5.41, 5.74) is 8.94. The molecule has 10 rings (SSSR count). The van der Waals surface area contributed by atoms with E-state index in [1.165, 1.54) is 31.3 Å². The maximum atomic E-state index is 6.46. The van der Waals surface area contributed by atoms with Crippen LogP contribution in [0.1, 0.15) is 0 Å². The second-order valence-corrected chi connectivity index (χ2v) is 13.5.